The van der Waals surface area contributed by atoms with E-state index in [1.807, 2.05) is 18.2 Å². The molecule has 2 heterocycles. The summed E-state index contributed by atoms with van der Waals surface area (Å²) < 4.78 is 34.6. The molecule has 0 aliphatic carbocycles. The average Bonchev–Trinajstić information content (AvgIpc) is 3.31. The summed E-state index contributed by atoms with van der Waals surface area (Å²) in [5.74, 6) is -0.254. The van der Waals surface area contributed by atoms with Crippen molar-refractivity contribution < 1.29 is 12.8 Å². The van der Waals surface area contributed by atoms with Crippen molar-refractivity contribution in [3.05, 3.63) is 64.6 Å². The maximum Gasteiger partial charge on any atom is 0.419 e. The van der Waals surface area contributed by atoms with Gasteiger partial charge in [0.25, 0.3) is 0 Å². The minimum Gasteiger partial charge on any atom is -0.408 e. The van der Waals surface area contributed by atoms with Crippen molar-refractivity contribution in [3.63, 3.8) is 0 Å². The second-order valence-electron chi connectivity index (χ2n) is 7.64. The monoisotopic (exact) mass is 415 g/mol. The molecule has 0 bridgehead atoms. The number of benzene rings is 2. The van der Waals surface area contributed by atoms with Crippen LogP contribution >= 0.6 is 0 Å². The van der Waals surface area contributed by atoms with Crippen molar-refractivity contribution >= 4 is 21.1 Å². The van der Waals surface area contributed by atoms with Crippen LogP contribution in [0.15, 0.2) is 62.6 Å². The Morgan fingerprint density at radius 3 is 2.72 bits per heavy atom. The Balaban J connectivity index is 1.40. The maximum atomic E-state index is 12.7. The number of rotatable bonds is 6. The van der Waals surface area contributed by atoms with Gasteiger partial charge in [0.2, 0.25) is 10.0 Å². The van der Waals surface area contributed by atoms with Gasteiger partial charge in [0, 0.05) is 32.2 Å². The van der Waals surface area contributed by atoms with Gasteiger partial charge in [0.1, 0.15) is 0 Å². The number of likely N-dealkylation sites (tertiary alicyclic amines) is 1. The van der Waals surface area contributed by atoms with Gasteiger partial charge in [-0.25, -0.2) is 17.9 Å². The Morgan fingerprint density at radius 1 is 1.21 bits per heavy atom. The molecule has 1 saturated heterocycles. The lowest BCUT2D eigenvalue weighted by Gasteiger charge is -2.24. The van der Waals surface area contributed by atoms with Crippen LogP contribution in [-0.4, -0.2) is 37.5 Å². The molecule has 1 aromatic heterocycles. The molecule has 2 atom stereocenters. The van der Waals surface area contributed by atoms with Gasteiger partial charge in [0.15, 0.2) is 5.58 Å². The van der Waals surface area contributed by atoms with Crippen molar-refractivity contribution in [1.82, 2.24) is 14.2 Å². The summed E-state index contributed by atoms with van der Waals surface area (Å²) in [4.78, 5) is 14.1. The Labute approximate surface area is 170 Å². The van der Waals surface area contributed by atoms with E-state index in [1.54, 1.807) is 13.1 Å². The third kappa shape index (κ3) is 4.01. The zero-order valence-electron chi connectivity index (χ0n) is 16.5. The van der Waals surface area contributed by atoms with E-state index in [1.165, 1.54) is 22.3 Å². The molecule has 3 aromatic rings. The lowest BCUT2D eigenvalue weighted by Crippen LogP contribution is -2.31. The molecule has 0 amide bonds. The van der Waals surface area contributed by atoms with Crippen molar-refractivity contribution in [2.24, 2.45) is 13.0 Å². The summed E-state index contributed by atoms with van der Waals surface area (Å²) in [6, 6.07) is 15.1. The summed E-state index contributed by atoms with van der Waals surface area (Å²) >= 11 is 0. The van der Waals surface area contributed by atoms with Gasteiger partial charge in [-0.1, -0.05) is 30.3 Å². The molecule has 1 fully saturated rings. The fourth-order valence-corrected chi connectivity index (χ4v) is 5.05. The van der Waals surface area contributed by atoms with E-state index in [9.17, 15) is 13.2 Å². The quantitative estimate of drug-likeness (QED) is 0.669. The number of hydrogen-bond acceptors (Lipinski definition) is 5. The number of aromatic nitrogens is 1. The third-order valence-corrected chi connectivity index (χ3v) is 7.20. The SMILES string of the molecule is C[C@@H](c1ccccc1)N1CC[C@H](CNS(=O)(=O)c2ccc3c(c2)oc(=O)n3C)C1. The fourth-order valence-electron chi connectivity index (χ4n) is 3.92. The highest BCUT2D eigenvalue weighted by molar-refractivity contribution is 7.89. The van der Waals surface area contributed by atoms with Gasteiger partial charge >= 0.3 is 5.76 Å². The minimum atomic E-state index is -3.67. The standard InChI is InChI=1S/C21H25N3O4S/c1-15(17-6-4-3-5-7-17)24-11-10-16(14-24)13-22-29(26,27)18-8-9-19-20(12-18)28-21(25)23(19)2/h3-9,12,15-16,22H,10-11,13-14H2,1-2H3/t15-,16+/m0/s1. The molecule has 0 unspecified atom stereocenters. The molecule has 2 aromatic carbocycles. The van der Waals surface area contributed by atoms with Gasteiger partial charge in [-0.3, -0.25) is 9.47 Å². The van der Waals surface area contributed by atoms with Crippen LogP contribution in [0.3, 0.4) is 0 Å². The number of oxazole rings is 1. The Morgan fingerprint density at radius 2 is 1.97 bits per heavy atom. The zero-order chi connectivity index (χ0) is 20.6. The van der Waals surface area contributed by atoms with Gasteiger partial charge in [-0.05, 0) is 43.5 Å². The first-order valence-electron chi connectivity index (χ1n) is 9.73. The molecule has 1 aliphatic rings. The molecule has 1 N–H and O–H groups in total. The summed E-state index contributed by atoms with van der Waals surface area (Å²) in [6.07, 6.45) is 0.951. The van der Waals surface area contributed by atoms with Crippen LogP contribution in [0.5, 0.6) is 0 Å². The number of nitrogens with one attached hydrogen (secondary N) is 1. The van der Waals surface area contributed by atoms with E-state index in [4.69, 9.17) is 4.42 Å². The first kappa shape index (κ1) is 19.9. The summed E-state index contributed by atoms with van der Waals surface area (Å²) in [6.45, 7) is 4.37. The Bertz CT molecular complexity index is 1170. The fraction of sp³-hybridized carbons (Fsp3) is 0.381. The predicted molar refractivity (Wildman–Crippen MR) is 111 cm³/mol. The van der Waals surface area contributed by atoms with Gasteiger partial charge in [0.05, 0.1) is 10.4 Å². The summed E-state index contributed by atoms with van der Waals surface area (Å²) in [5.41, 5.74) is 2.10. The maximum absolute atomic E-state index is 12.7. The number of nitrogens with zero attached hydrogens (tertiary/aromatic N) is 2. The van der Waals surface area contributed by atoms with Crippen molar-refractivity contribution in [2.75, 3.05) is 19.6 Å². The van der Waals surface area contributed by atoms with Crippen LogP contribution in [0.25, 0.3) is 11.1 Å². The van der Waals surface area contributed by atoms with E-state index in [-0.39, 0.29) is 16.4 Å². The number of sulfonamides is 1. The largest absolute Gasteiger partial charge is 0.419 e. The van der Waals surface area contributed by atoms with Crippen molar-refractivity contribution in [1.29, 1.82) is 0 Å². The highest BCUT2D eigenvalue weighted by atomic mass is 32.2. The third-order valence-electron chi connectivity index (χ3n) is 5.78. The molecule has 8 heteroatoms. The van der Waals surface area contributed by atoms with Gasteiger partial charge in [-0.2, -0.15) is 0 Å². The normalized spacial score (nSPS) is 19.0. The molecule has 1 aliphatic heterocycles. The second-order valence-corrected chi connectivity index (χ2v) is 9.41. The van der Waals surface area contributed by atoms with Crippen LogP contribution in [0.4, 0.5) is 0 Å². The number of aryl methyl sites for hydroxylation is 1. The van der Waals surface area contributed by atoms with Crippen LogP contribution < -0.4 is 10.5 Å². The van der Waals surface area contributed by atoms with Crippen LogP contribution in [-0.2, 0) is 17.1 Å². The topological polar surface area (TPSA) is 84.6 Å². The smallest absolute Gasteiger partial charge is 0.408 e. The molecule has 4 rings (SSSR count). The lowest BCUT2D eigenvalue weighted by atomic mass is 10.1. The van der Waals surface area contributed by atoms with Crippen molar-refractivity contribution in [3.8, 4) is 0 Å². The molecule has 154 valence electrons. The van der Waals surface area contributed by atoms with Crippen LogP contribution in [0.1, 0.15) is 24.9 Å². The lowest BCUT2D eigenvalue weighted by molar-refractivity contribution is 0.253. The second kappa shape index (κ2) is 7.78. The zero-order valence-corrected chi connectivity index (χ0v) is 17.4. The van der Waals surface area contributed by atoms with Crippen LogP contribution in [0, 0.1) is 5.92 Å². The van der Waals surface area contributed by atoms with Gasteiger partial charge in [-0.15, -0.1) is 0 Å². The van der Waals surface area contributed by atoms with E-state index in [2.05, 4.69) is 28.7 Å². The molecule has 7 nitrogen and oxygen atoms in total. The molecule has 0 saturated carbocycles. The van der Waals surface area contributed by atoms with Crippen LogP contribution in [0.2, 0.25) is 0 Å². The summed E-state index contributed by atoms with van der Waals surface area (Å²) in [5, 5.41) is 0. The highest BCUT2D eigenvalue weighted by Crippen LogP contribution is 2.27. The first-order valence-corrected chi connectivity index (χ1v) is 11.2. The summed E-state index contributed by atoms with van der Waals surface area (Å²) in [7, 11) is -2.09. The Hall–Kier alpha value is -2.42. The van der Waals surface area contributed by atoms with E-state index >= 15 is 0 Å². The molecular formula is C21H25N3O4S. The Kier molecular flexibility index (Phi) is 5.33. The van der Waals surface area contributed by atoms with Crippen molar-refractivity contribution in [2.45, 2.75) is 24.3 Å². The van der Waals surface area contributed by atoms with E-state index < -0.39 is 15.8 Å². The average molecular weight is 416 g/mol. The number of hydrogen-bond donors (Lipinski definition) is 1. The first-order chi connectivity index (χ1) is 13.8. The molecule has 0 spiro atoms. The van der Waals surface area contributed by atoms with E-state index in [0.29, 0.717) is 18.1 Å². The molecule has 0 radical (unpaired) electrons. The number of fused-ring (bicyclic) bond motifs is 1. The highest BCUT2D eigenvalue weighted by Gasteiger charge is 2.28. The molecular weight excluding hydrogens is 390 g/mol. The minimum absolute atomic E-state index is 0.104. The van der Waals surface area contributed by atoms with E-state index in [0.717, 1.165) is 19.5 Å². The predicted octanol–water partition coefficient (Wildman–Crippen LogP) is 2.49. The van der Waals surface area contributed by atoms with Gasteiger partial charge < -0.3 is 4.42 Å². The molecule has 29 heavy (non-hydrogen) atoms.